The van der Waals surface area contributed by atoms with E-state index in [1.54, 1.807) is 0 Å². The summed E-state index contributed by atoms with van der Waals surface area (Å²) in [6.07, 6.45) is 1.04. The van der Waals surface area contributed by atoms with Crippen molar-refractivity contribution in [3.63, 3.8) is 0 Å². The van der Waals surface area contributed by atoms with Crippen molar-refractivity contribution in [2.45, 2.75) is 57.3 Å². The SMILES string of the molecule is O=C(NCCn1nc(-c2cccc(C(F)(F)F)c2)n(C2CC2)c1=O)C1CCCC1. The first kappa shape index (κ1) is 19.7. The summed E-state index contributed by atoms with van der Waals surface area (Å²) in [5, 5.41) is 7.15. The predicted octanol–water partition coefficient (Wildman–Crippen LogP) is 3.37. The molecule has 0 aliphatic heterocycles. The summed E-state index contributed by atoms with van der Waals surface area (Å²) < 4.78 is 41.9. The van der Waals surface area contributed by atoms with Crippen LogP contribution in [0.3, 0.4) is 0 Å². The summed E-state index contributed by atoms with van der Waals surface area (Å²) in [7, 11) is 0. The number of nitrogens with zero attached hydrogens (tertiary/aromatic N) is 3. The van der Waals surface area contributed by atoms with Gasteiger partial charge in [0, 0.05) is 24.1 Å². The lowest BCUT2D eigenvalue weighted by atomic mass is 10.1. The van der Waals surface area contributed by atoms with Gasteiger partial charge in [-0.3, -0.25) is 9.36 Å². The van der Waals surface area contributed by atoms with Crippen molar-refractivity contribution < 1.29 is 18.0 Å². The summed E-state index contributed by atoms with van der Waals surface area (Å²) in [6, 6.07) is 4.84. The van der Waals surface area contributed by atoms with E-state index >= 15 is 0 Å². The second-order valence-electron chi connectivity index (χ2n) is 7.78. The van der Waals surface area contributed by atoms with Crippen LogP contribution in [0.15, 0.2) is 29.1 Å². The molecule has 2 aliphatic rings. The van der Waals surface area contributed by atoms with Gasteiger partial charge in [-0.05, 0) is 37.8 Å². The Hall–Kier alpha value is -2.58. The van der Waals surface area contributed by atoms with E-state index in [-0.39, 0.29) is 48.0 Å². The van der Waals surface area contributed by atoms with Gasteiger partial charge in [-0.2, -0.15) is 13.2 Å². The molecular weight excluding hydrogens is 385 g/mol. The van der Waals surface area contributed by atoms with Gasteiger partial charge in [0.05, 0.1) is 12.1 Å². The number of halogens is 3. The van der Waals surface area contributed by atoms with Gasteiger partial charge in [0.2, 0.25) is 5.91 Å². The van der Waals surface area contributed by atoms with E-state index in [0.29, 0.717) is 0 Å². The molecule has 0 unspecified atom stereocenters. The Balaban J connectivity index is 1.55. The molecule has 29 heavy (non-hydrogen) atoms. The van der Waals surface area contributed by atoms with Crippen molar-refractivity contribution in [2.24, 2.45) is 5.92 Å². The minimum absolute atomic E-state index is 0.00437. The van der Waals surface area contributed by atoms with Crippen LogP contribution in [0.2, 0.25) is 0 Å². The molecule has 1 aromatic carbocycles. The first-order valence-corrected chi connectivity index (χ1v) is 9.99. The number of benzene rings is 1. The maximum absolute atomic E-state index is 13.1. The van der Waals surface area contributed by atoms with Crippen LogP contribution < -0.4 is 11.0 Å². The molecule has 2 fully saturated rings. The number of rotatable bonds is 6. The maximum Gasteiger partial charge on any atom is 0.416 e. The predicted molar refractivity (Wildman–Crippen MR) is 100 cm³/mol. The lowest BCUT2D eigenvalue weighted by molar-refractivity contribution is -0.137. The molecule has 1 heterocycles. The van der Waals surface area contributed by atoms with E-state index in [0.717, 1.165) is 50.7 Å². The Morgan fingerprint density at radius 1 is 1.17 bits per heavy atom. The van der Waals surface area contributed by atoms with E-state index in [1.807, 2.05) is 0 Å². The van der Waals surface area contributed by atoms with Gasteiger partial charge < -0.3 is 5.32 Å². The van der Waals surface area contributed by atoms with Crippen LogP contribution in [-0.2, 0) is 17.5 Å². The zero-order valence-corrected chi connectivity index (χ0v) is 15.9. The highest BCUT2D eigenvalue weighted by molar-refractivity contribution is 5.78. The second-order valence-corrected chi connectivity index (χ2v) is 7.78. The highest BCUT2D eigenvalue weighted by atomic mass is 19.4. The molecule has 0 bridgehead atoms. The molecule has 0 spiro atoms. The molecule has 2 aliphatic carbocycles. The summed E-state index contributed by atoms with van der Waals surface area (Å²) in [6.45, 7) is 0.446. The third-order valence-corrected chi connectivity index (χ3v) is 5.58. The van der Waals surface area contributed by atoms with Gasteiger partial charge in [-0.25, -0.2) is 9.48 Å². The van der Waals surface area contributed by atoms with E-state index in [2.05, 4.69) is 10.4 Å². The van der Waals surface area contributed by atoms with Crippen molar-refractivity contribution in [1.82, 2.24) is 19.7 Å². The Kier molecular flexibility index (Phi) is 5.23. The van der Waals surface area contributed by atoms with Crippen LogP contribution in [0.5, 0.6) is 0 Å². The highest BCUT2D eigenvalue weighted by Gasteiger charge is 2.33. The van der Waals surface area contributed by atoms with E-state index in [4.69, 9.17) is 0 Å². The molecule has 0 atom stereocenters. The number of amides is 1. The summed E-state index contributed by atoms with van der Waals surface area (Å²) >= 11 is 0. The smallest absolute Gasteiger partial charge is 0.354 e. The van der Waals surface area contributed by atoms with Gasteiger partial charge in [-0.1, -0.05) is 25.0 Å². The largest absolute Gasteiger partial charge is 0.416 e. The molecule has 156 valence electrons. The minimum atomic E-state index is -4.46. The van der Waals surface area contributed by atoms with Crippen molar-refractivity contribution >= 4 is 5.91 Å². The zero-order chi connectivity index (χ0) is 20.6. The standard InChI is InChI=1S/C20H23F3N4O2/c21-20(22,23)15-7-3-6-14(12-15)17-25-26(19(29)27(17)16-8-9-16)11-10-24-18(28)13-4-1-2-5-13/h3,6-7,12-13,16H,1-2,4-5,8-11H2,(H,24,28). The summed E-state index contributed by atoms with van der Waals surface area (Å²) in [5.41, 5.74) is -0.865. The third-order valence-electron chi connectivity index (χ3n) is 5.58. The fourth-order valence-electron chi connectivity index (χ4n) is 3.88. The van der Waals surface area contributed by atoms with Crippen LogP contribution in [0, 0.1) is 5.92 Å². The fraction of sp³-hybridized carbons (Fsp3) is 0.550. The Morgan fingerprint density at radius 3 is 2.55 bits per heavy atom. The number of hydrogen-bond donors (Lipinski definition) is 1. The second kappa shape index (κ2) is 7.68. The number of nitrogens with one attached hydrogen (secondary N) is 1. The van der Waals surface area contributed by atoms with Crippen LogP contribution in [0.1, 0.15) is 50.1 Å². The molecule has 4 rings (SSSR count). The van der Waals surface area contributed by atoms with Crippen LogP contribution in [0.4, 0.5) is 13.2 Å². The van der Waals surface area contributed by atoms with E-state index in [1.165, 1.54) is 21.4 Å². The van der Waals surface area contributed by atoms with E-state index in [9.17, 15) is 22.8 Å². The fourth-order valence-corrected chi connectivity index (χ4v) is 3.88. The van der Waals surface area contributed by atoms with Gasteiger partial charge in [-0.15, -0.1) is 5.10 Å². The van der Waals surface area contributed by atoms with Crippen LogP contribution >= 0.6 is 0 Å². The average Bonchev–Trinajstić information content (AvgIpc) is 3.25. The molecule has 2 aromatic rings. The minimum Gasteiger partial charge on any atom is -0.354 e. The Labute approximate surface area is 165 Å². The Morgan fingerprint density at radius 2 is 1.90 bits per heavy atom. The first-order valence-electron chi connectivity index (χ1n) is 9.99. The molecular formula is C20H23F3N4O2. The third kappa shape index (κ3) is 4.23. The molecule has 6 nitrogen and oxygen atoms in total. The topological polar surface area (TPSA) is 68.9 Å². The first-order chi connectivity index (χ1) is 13.8. The number of hydrogen-bond acceptors (Lipinski definition) is 3. The summed E-state index contributed by atoms with van der Waals surface area (Å²) in [5.74, 6) is 0.275. The van der Waals surface area contributed by atoms with E-state index < -0.39 is 11.7 Å². The summed E-state index contributed by atoms with van der Waals surface area (Å²) in [4.78, 5) is 24.9. The normalized spacial score (nSPS) is 17.6. The molecule has 1 N–H and O–H groups in total. The van der Waals surface area contributed by atoms with Gasteiger partial charge in [0.15, 0.2) is 5.82 Å². The molecule has 0 saturated heterocycles. The molecule has 1 aromatic heterocycles. The van der Waals surface area contributed by atoms with Crippen LogP contribution in [0.25, 0.3) is 11.4 Å². The highest BCUT2D eigenvalue weighted by Crippen LogP contribution is 2.37. The maximum atomic E-state index is 13.1. The molecule has 0 radical (unpaired) electrons. The van der Waals surface area contributed by atoms with Gasteiger partial charge in [0.25, 0.3) is 0 Å². The number of carbonyl (C=O) groups excluding carboxylic acids is 1. The van der Waals surface area contributed by atoms with Crippen LogP contribution in [-0.4, -0.2) is 26.8 Å². The Bertz CT molecular complexity index is 953. The number of carbonyl (C=O) groups is 1. The zero-order valence-electron chi connectivity index (χ0n) is 15.9. The number of aromatic nitrogens is 3. The van der Waals surface area contributed by atoms with Crippen molar-refractivity contribution in [3.8, 4) is 11.4 Å². The van der Waals surface area contributed by atoms with Gasteiger partial charge in [0.1, 0.15) is 0 Å². The quantitative estimate of drug-likeness (QED) is 0.797. The van der Waals surface area contributed by atoms with Gasteiger partial charge >= 0.3 is 11.9 Å². The average molecular weight is 408 g/mol. The molecule has 2 saturated carbocycles. The lowest BCUT2D eigenvalue weighted by Crippen LogP contribution is -2.34. The molecule has 1 amide bonds. The lowest BCUT2D eigenvalue weighted by Gasteiger charge is -2.09. The van der Waals surface area contributed by atoms with Crippen molar-refractivity contribution in [3.05, 3.63) is 40.3 Å². The van der Waals surface area contributed by atoms with Crippen molar-refractivity contribution in [2.75, 3.05) is 6.54 Å². The number of alkyl halides is 3. The van der Waals surface area contributed by atoms with Crippen molar-refractivity contribution in [1.29, 1.82) is 0 Å². The monoisotopic (exact) mass is 408 g/mol. The molecule has 9 heteroatoms.